The van der Waals surface area contributed by atoms with E-state index in [4.69, 9.17) is 5.73 Å². The lowest BCUT2D eigenvalue weighted by Gasteiger charge is -2.17. The van der Waals surface area contributed by atoms with Crippen LogP contribution in [0.4, 0.5) is 10.5 Å². The van der Waals surface area contributed by atoms with Crippen LogP contribution in [0.3, 0.4) is 0 Å². The molecule has 4 heteroatoms. The quantitative estimate of drug-likeness (QED) is 0.762. The van der Waals surface area contributed by atoms with Crippen LogP contribution in [-0.2, 0) is 6.54 Å². The molecular formula is C14H23N3O. The van der Waals surface area contributed by atoms with Gasteiger partial charge in [-0.15, -0.1) is 0 Å². The van der Waals surface area contributed by atoms with Gasteiger partial charge in [0.1, 0.15) is 0 Å². The molecule has 2 amide bonds. The number of nitrogens with one attached hydrogen (secondary N) is 1. The largest absolute Gasteiger partial charge is 0.328 e. The van der Waals surface area contributed by atoms with E-state index in [0.29, 0.717) is 6.54 Å². The number of nitrogens with zero attached hydrogens (tertiary/aromatic N) is 1. The molecule has 100 valence electrons. The second-order valence-electron chi connectivity index (χ2n) is 4.46. The van der Waals surface area contributed by atoms with Crippen molar-refractivity contribution in [2.45, 2.75) is 32.7 Å². The van der Waals surface area contributed by atoms with Gasteiger partial charge in [-0.05, 0) is 24.1 Å². The first-order valence-corrected chi connectivity index (χ1v) is 6.48. The van der Waals surface area contributed by atoms with Gasteiger partial charge in [-0.3, -0.25) is 0 Å². The number of urea groups is 1. The summed E-state index contributed by atoms with van der Waals surface area (Å²) in [6.45, 7) is 3.46. The fraction of sp³-hybridized carbons (Fsp3) is 0.500. The Morgan fingerprint density at radius 1 is 1.28 bits per heavy atom. The summed E-state index contributed by atoms with van der Waals surface area (Å²) in [5, 5.41) is 2.87. The number of carbonyl (C=O) groups is 1. The molecule has 0 atom stereocenters. The van der Waals surface area contributed by atoms with E-state index in [-0.39, 0.29) is 6.03 Å². The molecule has 0 heterocycles. The van der Waals surface area contributed by atoms with E-state index in [0.717, 1.165) is 37.1 Å². The van der Waals surface area contributed by atoms with Crippen molar-refractivity contribution in [3.8, 4) is 0 Å². The van der Waals surface area contributed by atoms with Gasteiger partial charge in [-0.1, -0.05) is 31.9 Å². The van der Waals surface area contributed by atoms with E-state index < -0.39 is 0 Å². The minimum atomic E-state index is -0.0633. The van der Waals surface area contributed by atoms with E-state index in [9.17, 15) is 4.79 Å². The van der Waals surface area contributed by atoms with Crippen LogP contribution in [0, 0.1) is 0 Å². The number of unbranched alkanes of at least 4 members (excludes halogenated alkanes) is 2. The smallest absolute Gasteiger partial charge is 0.321 e. The number of amides is 2. The number of benzene rings is 1. The summed E-state index contributed by atoms with van der Waals surface area (Å²) in [5.74, 6) is 0. The summed E-state index contributed by atoms with van der Waals surface area (Å²) in [6, 6.07) is 7.53. The fourth-order valence-electron chi connectivity index (χ4n) is 1.64. The minimum Gasteiger partial charge on any atom is -0.328 e. The summed E-state index contributed by atoms with van der Waals surface area (Å²) < 4.78 is 0. The molecular weight excluding hydrogens is 226 g/mol. The highest BCUT2D eigenvalue weighted by molar-refractivity contribution is 5.89. The predicted molar refractivity (Wildman–Crippen MR) is 75.5 cm³/mol. The van der Waals surface area contributed by atoms with Crippen LogP contribution in [0.5, 0.6) is 0 Å². The Hall–Kier alpha value is -1.55. The Morgan fingerprint density at radius 3 is 2.50 bits per heavy atom. The molecule has 0 aromatic heterocycles. The van der Waals surface area contributed by atoms with E-state index in [1.165, 1.54) is 0 Å². The molecule has 4 nitrogen and oxygen atoms in total. The van der Waals surface area contributed by atoms with Gasteiger partial charge in [0.2, 0.25) is 0 Å². The highest BCUT2D eigenvalue weighted by atomic mass is 16.2. The maximum absolute atomic E-state index is 11.9. The molecule has 0 saturated heterocycles. The third-order valence-electron chi connectivity index (χ3n) is 2.88. The molecule has 1 aromatic rings. The topological polar surface area (TPSA) is 58.4 Å². The summed E-state index contributed by atoms with van der Waals surface area (Å²) in [7, 11) is 1.82. The zero-order valence-corrected chi connectivity index (χ0v) is 11.3. The summed E-state index contributed by atoms with van der Waals surface area (Å²) in [6.07, 6.45) is 3.37. The van der Waals surface area contributed by atoms with Crippen LogP contribution in [0.2, 0.25) is 0 Å². The molecule has 1 aromatic carbocycles. The van der Waals surface area contributed by atoms with E-state index in [1.807, 2.05) is 31.3 Å². The lowest BCUT2D eigenvalue weighted by atomic mass is 10.2. The third kappa shape index (κ3) is 4.75. The van der Waals surface area contributed by atoms with Crippen LogP contribution < -0.4 is 11.1 Å². The van der Waals surface area contributed by atoms with Crippen LogP contribution in [0.25, 0.3) is 0 Å². The fourth-order valence-corrected chi connectivity index (χ4v) is 1.64. The predicted octanol–water partition coefficient (Wildman–Crippen LogP) is 2.80. The maximum Gasteiger partial charge on any atom is 0.321 e. The number of carbonyl (C=O) groups excluding carboxylic acids is 1. The molecule has 0 aliphatic carbocycles. The van der Waals surface area contributed by atoms with E-state index in [1.54, 1.807) is 4.90 Å². The van der Waals surface area contributed by atoms with Crippen molar-refractivity contribution in [3.05, 3.63) is 29.8 Å². The first-order chi connectivity index (χ1) is 8.67. The molecule has 3 N–H and O–H groups in total. The highest BCUT2D eigenvalue weighted by Crippen LogP contribution is 2.10. The average Bonchev–Trinajstić information content (AvgIpc) is 2.39. The van der Waals surface area contributed by atoms with Crippen LogP contribution in [0.15, 0.2) is 24.3 Å². The standard InChI is InChI=1S/C14H23N3O/c1-3-4-5-10-17(2)14(18)16-13-8-6-12(11-15)7-9-13/h6-9H,3-5,10-11,15H2,1-2H3,(H,16,18). The number of nitrogens with two attached hydrogens (primary N) is 1. The first kappa shape index (κ1) is 14.5. The van der Waals surface area contributed by atoms with Gasteiger partial charge in [0, 0.05) is 25.8 Å². The van der Waals surface area contributed by atoms with Gasteiger partial charge in [-0.2, -0.15) is 0 Å². The van der Waals surface area contributed by atoms with E-state index >= 15 is 0 Å². The summed E-state index contributed by atoms with van der Waals surface area (Å²) in [4.78, 5) is 13.6. The number of anilines is 1. The number of hydrogen-bond donors (Lipinski definition) is 2. The van der Waals surface area contributed by atoms with Crippen molar-refractivity contribution >= 4 is 11.7 Å². The van der Waals surface area contributed by atoms with Crippen molar-refractivity contribution in [3.63, 3.8) is 0 Å². The Balaban J connectivity index is 2.42. The second kappa shape index (κ2) is 7.71. The van der Waals surface area contributed by atoms with Gasteiger partial charge in [0.05, 0.1) is 0 Å². The van der Waals surface area contributed by atoms with Gasteiger partial charge in [0.15, 0.2) is 0 Å². The lowest BCUT2D eigenvalue weighted by Crippen LogP contribution is -2.32. The minimum absolute atomic E-state index is 0.0633. The molecule has 0 bridgehead atoms. The van der Waals surface area contributed by atoms with E-state index in [2.05, 4.69) is 12.2 Å². The maximum atomic E-state index is 11.9. The molecule has 0 unspecified atom stereocenters. The summed E-state index contributed by atoms with van der Waals surface area (Å²) >= 11 is 0. The van der Waals surface area contributed by atoms with Gasteiger partial charge in [0.25, 0.3) is 0 Å². The van der Waals surface area contributed by atoms with Crippen LogP contribution >= 0.6 is 0 Å². The zero-order chi connectivity index (χ0) is 13.4. The molecule has 0 saturated carbocycles. The highest BCUT2D eigenvalue weighted by Gasteiger charge is 2.07. The first-order valence-electron chi connectivity index (χ1n) is 6.48. The molecule has 18 heavy (non-hydrogen) atoms. The molecule has 0 radical (unpaired) electrons. The Morgan fingerprint density at radius 2 is 1.94 bits per heavy atom. The van der Waals surface area contributed by atoms with Crippen molar-refractivity contribution < 1.29 is 4.79 Å². The summed E-state index contributed by atoms with van der Waals surface area (Å²) in [5.41, 5.74) is 7.39. The second-order valence-corrected chi connectivity index (χ2v) is 4.46. The van der Waals surface area contributed by atoms with Gasteiger partial charge in [-0.25, -0.2) is 4.79 Å². The monoisotopic (exact) mass is 249 g/mol. The molecule has 1 rings (SSSR count). The van der Waals surface area contributed by atoms with Gasteiger partial charge >= 0.3 is 6.03 Å². The lowest BCUT2D eigenvalue weighted by molar-refractivity contribution is 0.221. The number of hydrogen-bond acceptors (Lipinski definition) is 2. The average molecular weight is 249 g/mol. The van der Waals surface area contributed by atoms with Gasteiger partial charge < -0.3 is 16.0 Å². The van der Waals surface area contributed by atoms with Crippen molar-refractivity contribution in [1.82, 2.24) is 4.90 Å². The van der Waals surface area contributed by atoms with Crippen LogP contribution in [0.1, 0.15) is 31.7 Å². The SMILES string of the molecule is CCCCCN(C)C(=O)Nc1ccc(CN)cc1. The Bertz CT molecular complexity index is 362. The number of rotatable bonds is 6. The molecule has 0 aliphatic heterocycles. The molecule has 0 spiro atoms. The van der Waals surface area contributed by atoms with Crippen molar-refractivity contribution in [2.24, 2.45) is 5.73 Å². The normalized spacial score (nSPS) is 10.2. The Kier molecular flexibility index (Phi) is 6.22. The zero-order valence-electron chi connectivity index (χ0n) is 11.3. The molecule has 0 fully saturated rings. The van der Waals surface area contributed by atoms with Crippen LogP contribution in [-0.4, -0.2) is 24.5 Å². The van der Waals surface area contributed by atoms with Crippen molar-refractivity contribution in [1.29, 1.82) is 0 Å². The molecule has 0 aliphatic rings. The van der Waals surface area contributed by atoms with Crippen molar-refractivity contribution in [2.75, 3.05) is 18.9 Å². The Labute approximate surface area is 109 Å². The third-order valence-corrected chi connectivity index (χ3v) is 2.88.